The van der Waals surface area contributed by atoms with Gasteiger partial charge in [-0.1, -0.05) is 84.9 Å². The molecule has 144 valence electrons. The van der Waals surface area contributed by atoms with Gasteiger partial charge in [0.25, 0.3) is 0 Å². The van der Waals surface area contributed by atoms with Crippen LogP contribution in [0.1, 0.15) is 21.7 Å². The number of Topliss-reactive ketones (excluding diaryl/α,β-unsaturated/α-hetero) is 1. The van der Waals surface area contributed by atoms with E-state index in [9.17, 15) is 9.90 Å². The molecule has 1 heterocycles. The van der Waals surface area contributed by atoms with E-state index in [2.05, 4.69) is 9.97 Å². The highest BCUT2D eigenvalue weighted by molar-refractivity contribution is 6.33. The molecule has 0 atom stereocenters. The molecule has 5 rings (SSSR count). The van der Waals surface area contributed by atoms with E-state index in [-0.39, 0.29) is 17.1 Å². The van der Waals surface area contributed by atoms with Crippen LogP contribution >= 0.6 is 0 Å². The van der Waals surface area contributed by atoms with Crippen molar-refractivity contribution in [2.45, 2.75) is 0 Å². The summed E-state index contributed by atoms with van der Waals surface area (Å²) in [5, 5.41) is 13.2. The van der Waals surface area contributed by atoms with Crippen molar-refractivity contribution in [2.24, 2.45) is 0 Å². The minimum atomic E-state index is -0.291. The van der Waals surface area contributed by atoms with E-state index in [1.54, 1.807) is 36.4 Å². The maximum atomic E-state index is 13.4. The molecule has 0 aliphatic heterocycles. The first-order valence-corrected chi connectivity index (χ1v) is 9.68. The standard InChI is InChI=1S/C26H18N2O2/c29-24(17-9-3-1-4-10-17)23(25(30)18-11-5-2-6-12-18)26-27-21-15-19-13-7-8-14-20(19)16-22(21)28-26/h1-16,29H,(H,27,28)/b24-23-. The second-order valence-corrected chi connectivity index (χ2v) is 7.09. The molecule has 0 aliphatic rings. The molecular weight excluding hydrogens is 372 g/mol. The highest BCUT2D eigenvalue weighted by atomic mass is 16.3. The lowest BCUT2D eigenvalue weighted by Gasteiger charge is -2.09. The number of benzene rings is 4. The predicted molar refractivity (Wildman–Crippen MR) is 120 cm³/mol. The van der Waals surface area contributed by atoms with Gasteiger partial charge in [0.15, 0.2) is 0 Å². The molecule has 4 nitrogen and oxygen atoms in total. The van der Waals surface area contributed by atoms with Crippen LogP contribution in [0, 0.1) is 0 Å². The molecule has 2 N–H and O–H groups in total. The molecule has 0 aliphatic carbocycles. The van der Waals surface area contributed by atoms with Crippen LogP contribution in [0.15, 0.2) is 97.1 Å². The number of aromatic amines is 1. The molecule has 5 aromatic rings. The van der Waals surface area contributed by atoms with Crippen LogP contribution in [-0.4, -0.2) is 20.9 Å². The third-order valence-corrected chi connectivity index (χ3v) is 5.13. The topological polar surface area (TPSA) is 66.0 Å². The zero-order valence-corrected chi connectivity index (χ0v) is 16.0. The van der Waals surface area contributed by atoms with Gasteiger partial charge in [-0.25, -0.2) is 4.98 Å². The van der Waals surface area contributed by atoms with Crippen molar-refractivity contribution in [3.8, 4) is 0 Å². The lowest BCUT2D eigenvalue weighted by atomic mass is 9.99. The average Bonchev–Trinajstić information content (AvgIpc) is 3.20. The number of hydrogen-bond acceptors (Lipinski definition) is 3. The predicted octanol–water partition coefficient (Wildman–Crippen LogP) is 6.03. The molecule has 0 bridgehead atoms. The minimum absolute atomic E-state index is 0.104. The van der Waals surface area contributed by atoms with Crippen molar-refractivity contribution >= 4 is 38.9 Å². The zero-order chi connectivity index (χ0) is 20.5. The molecule has 0 spiro atoms. The van der Waals surface area contributed by atoms with Crippen LogP contribution in [0.3, 0.4) is 0 Å². The molecule has 1 aromatic heterocycles. The Balaban J connectivity index is 1.74. The lowest BCUT2D eigenvalue weighted by Crippen LogP contribution is -2.07. The van der Waals surface area contributed by atoms with Crippen LogP contribution < -0.4 is 0 Å². The number of allylic oxidation sites excluding steroid dienone is 1. The number of carbonyl (C=O) groups excluding carboxylic acids is 1. The van der Waals surface area contributed by atoms with Crippen LogP contribution in [0.4, 0.5) is 0 Å². The molecule has 0 unspecified atom stereocenters. The normalized spacial score (nSPS) is 12.1. The molecular formula is C26H18N2O2. The van der Waals surface area contributed by atoms with Crippen LogP contribution in [-0.2, 0) is 0 Å². The number of fused-ring (bicyclic) bond motifs is 2. The van der Waals surface area contributed by atoms with Crippen LogP contribution in [0.5, 0.6) is 0 Å². The number of H-pyrrole nitrogens is 1. The maximum absolute atomic E-state index is 13.4. The Labute approximate surface area is 173 Å². The monoisotopic (exact) mass is 390 g/mol. The number of aliphatic hydroxyl groups excluding tert-OH is 1. The van der Waals surface area contributed by atoms with Crippen molar-refractivity contribution in [2.75, 3.05) is 0 Å². The summed E-state index contributed by atoms with van der Waals surface area (Å²) < 4.78 is 0. The van der Waals surface area contributed by atoms with Crippen molar-refractivity contribution in [3.63, 3.8) is 0 Å². The van der Waals surface area contributed by atoms with Gasteiger partial charge in [0.1, 0.15) is 17.2 Å². The first kappa shape index (κ1) is 17.9. The number of ketones is 1. The van der Waals surface area contributed by atoms with E-state index in [0.717, 1.165) is 21.8 Å². The average molecular weight is 390 g/mol. The summed E-state index contributed by atoms with van der Waals surface area (Å²) in [6, 6.07) is 30.0. The quantitative estimate of drug-likeness (QED) is 0.224. The summed E-state index contributed by atoms with van der Waals surface area (Å²) in [5.41, 5.74) is 2.74. The second kappa shape index (κ2) is 7.33. The summed E-state index contributed by atoms with van der Waals surface area (Å²) in [6.45, 7) is 0. The molecule has 0 amide bonds. The van der Waals surface area contributed by atoms with E-state index in [1.165, 1.54) is 0 Å². The largest absolute Gasteiger partial charge is 0.506 e. The van der Waals surface area contributed by atoms with Crippen LogP contribution in [0.2, 0.25) is 0 Å². The minimum Gasteiger partial charge on any atom is -0.506 e. The van der Waals surface area contributed by atoms with E-state index in [0.29, 0.717) is 17.0 Å². The van der Waals surface area contributed by atoms with Crippen LogP contribution in [0.25, 0.3) is 33.1 Å². The second-order valence-electron chi connectivity index (χ2n) is 7.09. The number of rotatable bonds is 4. The van der Waals surface area contributed by atoms with Gasteiger partial charge in [0.05, 0.1) is 11.0 Å². The summed E-state index contributed by atoms with van der Waals surface area (Å²) in [4.78, 5) is 21.3. The summed E-state index contributed by atoms with van der Waals surface area (Å²) in [5.74, 6) is -0.0517. The number of carbonyl (C=O) groups is 1. The fourth-order valence-corrected chi connectivity index (χ4v) is 3.62. The smallest absolute Gasteiger partial charge is 0.200 e. The molecule has 0 radical (unpaired) electrons. The first-order chi connectivity index (χ1) is 14.7. The Morgan fingerprint density at radius 1 is 0.733 bits per heavy atom. The SMILES string of the molecule is O=C(/C(=C(/O)c1ccccc1)c1nc2cc3ccccc3cc2[nH]1)c1ccccc1. The Kier molecular flexibility index (Phi) is 4.37. The van der Waals surface area contributed by atoms with Gasteiger partial charge < -0.3 is 10.1 Å². The molecule has 0 fully saturated rings. The fourth-order valence-electron chi connectivity index (χ4n) is 3.62. The van der Waals surface area contributed by atoms with Gasteiger partial charge in [-0.3, -0.25) is 4.79 Å². The molecule has 4 heteroatoms. The lowest BCUT2D eigenvalue weighted by molar-refractivity contribution is 0.105. The van der Waals surface area contributed by atoms with Gasteiger partial charge in [0, 0.05) is 11.1 Å². The van der Waals surface area contributed by atoms with Crippen molar-refractivity contribution in [1.82, 2.24) is 9.97 Å². The Bertz CT molecular complexity index is 1350. The molecule has 0 saturated heterocycles. The number of hydrogen-bond donors (Lipinski definition) is 2. The number of nitrogens with zero attached hydrogens (tertiary/aromatic N) is 1. The van der Waals surface area contributed by atoms with Gasteiger partial charge in [-0.2, -0.15) is 0 Å². The summed E-state index contributed by atoms with van der Waals surface area (Å²) in [7, 11) is 0. The Morgan fingerprint density at radius 2 is 1.30 bits per heavy atom. The molecule has 4 aromatic carbocycles. The van der Waals surface area contributed by atoms with Gasteiger partial charge in [-0.15, -0.1) is 0 Å². The van der Waals surface area contributed by atoms with Crippen molar-refractivity contribution in [1.29, 1.82) is 0 Å². The number of nitrogens with one attached hydrogen (secondary N) is 1. The van der Waals surface area contributed by atoms with Gasteiger partial charge >= 0.3 is 0 Å². The van der Waals surface area contributed by atoms with E-state index in [1.807, 2.05) is 60.7 Å². The highest BCUT2D eigenvalue weighted by Gasteiger charge is 2.23. The van der Waals surface area contributed by atoms with Crippen molar-refractivity contribution in [3.05, 3.63) is 114 Å². The van der Waals surface area contributed by atoms with E-state index >= 15 is 0 Å². The van der Waals surface area contributed by atoms with E-state index < -0.39 is 0 Å². The fraction of sp³-hybridized carbons (Fsp3) is 0. The Hall–Kier alpha value is -4.18. The zero-order valence-electron chi connectivity index (χ0n) is 16.0. The maximum Gasteiger partial charge on any atom is 0.200 e. The summed E-state index contributed by atoms with van der Waals surface area (Å²) in [6.07, 6.45) is 0. The van der Waals surface area contributed by atoms with Crippen molar-refractivity contribution < 1.29 is 9.90 Å². The van der Waals surface area contributed by atoms with Gasteiger partial charge in [-0.05, 0) is 22.9 Å². The Morgan fingerprint density at radius 3 is 1.97 bits per heavy atom. The molecule has 30 heavy (non-hydrogen) atoms. The highest BCUT2D eigenvalue weighted by Crippen LogP contribution is 2.29. The first-order valence-electron chi connectivity index (χ1n) is 9.68. The number of aromatic nitrogens is 2. The van der Waals surface area contributed by atoms with Gasteiger partial charge in [0.2, 0.25) is 5.78 Å². The summed E-state index contributed by atoms with van der Waals surface area (Å²) >= 11 is 0. The number of imidazole rings is 1. The van der Waals surface area contributed by atoms with E-state index in [4.69, 9.17) is 0 Å². The molecule has 0 saturated carbocycles. The number of aliphatic hydroxyl groups is 1. The third-order valence-electron chi connectivity index (χ3n) is 5.13. The third kappa shape index (κ3) is 3.14.